The van der Waals surface area contributed by atoms with Gasteiger partial charge in [0.25, 0.3) is 22.2 Å². The second-order valence-electron chi connectivity index (χ2n) is 35.1. The molecule has 0 amide bonds. The van der Waals surface area contributed by atoms with E-state index in [4.69, 9.17) is 22.2 Å². The van der Waals surface area contributed by atoms with Crippen molar-refractivity contribution in [2.45, 2.75) is 206 Å². The van der Waals surface area contributed by atoms with Crippen LogP contribution in [-0.2, 0) is 76.1 Å². The lowest BCUT2D eigenvalue weighted by Crippen LogP contribution is -2.41. The summed E-state index contributed by atoms with van der Waals surface area (Å²) in [5.74, 6) is 25.6. The van der Waals surface area contributed by atoms with Crippen molar-refractivity contribution in [3.8, 4) is 47.4 Å². The zero-order valence-corrected chi connectivity index (χ0v) is 73.7. The standard InChI is InChI=1S/C26H24F3N3O3.C25H22F3N3O3.C23H22N4O4.C22H25N3O3/c1-15-13-18-20(19(15)21-30-31-23(35-21)24(2,3)4)16(14-32(5)22(18)33)11-12-25(34,26(27,28)29)17-9-7-6-8-10-17;1-14(2)21-29-30-22(34-21)19-15(3)12-18-20(19)16(13-31(4)23(18)32)10-11-24(33,25(26,27)28)17-8-6-5-7-9-17;1-12-9-16-19(18(12)21-25-24-20(30-21)14-5-6-14)15(11-27(4)22(16)28)7-8-23(3,29)17-10-13(2)31-26-17;1-12(2)19-23-24-20(28-19)17-13(3)10-16-18(17)14(11-25(5)21(16)26)8-9-22(4,27)15-6-7-15/h6-10,14,34H,13H2,1-5H3;5-9,13-14,33H,12H2,1-4H3;10-11,14,29H,5-6,9H2,1-4H3;11-12,15,27H,6-7,10H2,1-5H3/t;;23-;/m..1./s1. The SMILES string of the molecule is CC1=C(c2nnc(C(C)(C)C)o2)c2c(C#CC(O)(c3ccccc3)C(F)(F)F)cn(C)c(=O)c2C1.CC1=C(c2nnc(C(C)C)o2)c2c(C#CC(C)(O)C3CC3)cn(C)c(=O)c2C1.CC1=C(c2nnc(C(C)C)o2)c2c(C#CC(O)(c3ccccc3)C(F)(F)F)cn(C)c(=O)c2C1.CC1=C(c2nnc(C3CC3)o2)c2c(C#C[C@@](C)(O)c3cc(C)on3)cn(C)c(=O)c2C1. The zero-order chi connectivity index (χ0) is 92.7. The topological polar surface area (TPSA) is 351 Å². The summed E-state index contributed by atoms with van der Waals surface area (Å²) in [5.41, 5.74) is 0.876. The second kappa shape index (κ2) is 34.1. The van der Waals surface area contributed by atoms with Gasteiger partial charge in [0.15, 0.2) is 5.60 Å². The lowest BCUT2D eigenvalue weighted by Gasteiger charge is -2.25. The first-order valence-electron chi connectivity index (χ1n) is 41.4. The van der Waals surface area contributed by atoms with Gasteiger partial charge in [0.05, 0.1) is 0 Å². The highest BCUT2D eigenvalue weighted by molar-refractivity contribution is 5.90. The van der Waals surface area contributed by atoms with E-state index in [1.165, 1.54) is 64.5 Å². The summed E-state index contributed by atoms with van der Waals surface area (Å²) in [6.07, 6.45) is 1.68. The number of nitrogens with zero attached hydrogens (tertiary/aromatic N) is 13. The molecular weight excluding hydrogens is 1660 g/mol. The van der Waals surface area contributed by atoms with Crippen molar-refractivity contribution in [2.24, 2.45) is 34.1 Å². The molecule has 9 heterocycles. The summed E-state index contributed by atoms with van der Waals surface area (Å²) < 4.78 is 118. The van der Waals surface area contributed by atoms with Crippen LogP contribution in [0.15, 0.2) is 155 Å². The molecular formula is C96H93F6N13O13. The van der Waals surface area contributed by atoms with Crippen molar-refractivity contribution in [1.82, 2.24) is 64.2 Å². The minimum Gasteiger partial charge on any atom is -0.420 e. The molecule has 128 heavy (non-hydrogen) atoms. The van der Waals surface area contributed by atoms with Crippen LogP contribution in [0.2, 0.25) is 0 Å². The Balaban J connectivity index is 0.000000138. The number of benzene rings is 2. The van der Waals surface area contributed by atoms with Crippen molar-refractivity contribution in [3.63, 3.8) is 0 Å². The Labute approximate surface area is 731 Å². The van der Waals surface area contributed by atoms with E-state index in [1.54, 1.807) is 83.9 Å². The first kappa shape index (κ1) is 90.9. The molecule has 17 rings (SSSR count). The van der Waals surface area contributed by atoms with E-state index < -0.39 is 51.3 Å². The van der Waals surface area contributed by atoms with Crippen LogP contribution in [0.25, 0.3) is 22.3 Å². The van der Waals surface area contributed by atoms with Crippen LogP contribution in [0.1, 0.15) is 270 Å². The zero-order valence-electron chi connectivity index (χ0n) is 73.7. The molecule has 2 aromatic carbocycles. The molecule has 0 saturated heterocycles. The highest BCUT2D eigenvalue weighted by Crippen LogP contribution is 2.47. The number of allylic oxidation sites excluding steroid dienone is 4. The molecule has 0 spiro atoms. The molecule has 3 unspecified atom stereocenters. The Morgan fingerprint density at radius 3 is 1.08 bits per heavy atom. The number of aliphatic hydroxyl groups is 4. The fourth-order valence-corrected chi connectivity index (χ4v) is 15.5. The lowest BCUT2D eigenvalue weighted by molar-refractivity contribution is -0.241. The summed E-state index contributed by atoms with van der Waals surface area (Å²) in [6.45, 7) is 26.1. The van der Waals surface area contributed by atoms with Crippen molar-refractivity contribution < 1.29 is 69.0 Å². The molecule has 11 aromatic rings. The summed E-state index contributed by atoms with van der Waals surface area (Å²) in [5, 5.41) is 79.8. The van der Waals surface area contributed by atoms with E-state index in [1.807, 2.05) is 74.2 Å². The van der Waals surface area contributed by atoms with Gasteiger partial charge in [-0.25, -0.2) is 0 Å². The summed E-state index contributed by atoms with van der Waals surface area (Å²) in [4.78, 5) is 51.3. The summed E-state index contributed by atoms with van der Waals surface area (Å²) in [6, 6.07) is 15.0. The van der Waals surface area contributed by atoms with E-state index >= 15 is 0 Å². The maximum absolute atomic E-state index is 14.0. The first-order chi connectivity index (χ1) is 60.1. The molecule has 0 bridgehead atoms. The molecule has 0 aliphatic heterocycles. The normalized spacial score (nSPS) is 16.4. The molecule has 2 fully saturated rings. The molecule has 662 valence electrons. The Morgan fingerprint density at radius 2 is 0.766 bits per heavy atom. The summed E-state index contributed by atoms with van der Waals surface area (Å²) in [7, 11) is 6.42. The van der Waals surface area contributed by atoms with E-state index in [2.05, 4.69) is 81.5 Å². The van der Waals surface area contributed by atoms with E-state index in [-0.39, 0.29) is 75.7 Å². The Kier molecular flexibility index (Phi) is 24.2. The Morgan fingerprint density at radius 1 is 0.430 bits per heavy atom. The number of fused-ring (bicyclic) bond motifs is 4. The fraction of sp³-hybridized carbons (Fsp3) is 0.385. The van der Waals surface area contributed by atoms with Crippen molar-refractivity contribution in [2.75, 3.05) is 0 Å². The third-order valence-corrected chi connectivity index (χ3v) is 22.9. The van der Waals surface area contributed by atoms with Gasteiger partial charge >= 0.3 is 12.4 Å². The van der Waals surface area contributed by atoms with Gasteiger partial charge in [0.2, 0.25) is 58.3 Å². The largest absolute Gasteiger partial charge is 0.433 e. The van der Waals surface area contributed by atoms with Gasteiger partial charge in [-0.2, -0.15) is 26.3 Å². The first-order valence-corrected chi connectivity index (χ1v) is 41.4. The van der Waals surface area contributed by atoms with Gasteiger partial charge in [-0.3, -0.25) is 19.2 Å². The average Bonchev–Trinajstić information content (AvgIpc) is 1.71. The minimum atomic E-state index is -5.06. The maximum Gasteiger partial charge on any atom is 0.433 e. The Hall–Kier alpha value is -13.4. The third-order valence-electron chi connectivity index (χ3n) is 22.9. The number of hydrogen-bond donors (Lipinski definition) is 4. The maximum atomic E-state index is 14.0. The van der Waals surface area contributed by atoms with E-state index in [9.17, 15) is 65.9 Å². The second-order valence-corrected chi connectivity index (χ2v) is 35.1. The summed E-state index contributed by atoms with van der Waals surface area (Å²) >= 11 is 0. The highest BCUT2D eigenvalue weighted by Gasteiger charge is 2.56. The Bertz CT molecular complexity index is 6970. The average molecular weight is 1750 g/mol. The predicted octanol–water partition coefficient (Wildman–Crippen LogP) is 13.7. The number of halogens is 6. The van der Waals surface area contributed by atoms with Gasteiger partial charge in [-0.05, 0) is 91.9 Å². The molecule has 4 N–H and O–H groups in total. The lowest BCUT2D eigenvalue weighted by atomic mass is 9.92. The van der Waals surface area contributed by atoms with Crippen LogP contribution in [-0.4, -0.2) is 103 Å². The number of hydrogen-bond acceptors (Lipinski definition) is 22. The van der Waals surface area contributed by atoms with E-state index in [0.717, 1.165) is 89.0 Å². The molecule has 4 atom stereocenters. The molecule has 6 aliphatic carbocycles. The monoisotopic (exact) mass is 1750 g/mol. The molecule has 0 radical (unpaired) electrons. The van der Waals surface area contributed by atoms with Crippen LogP contribution in [0.5, 0.6) is 0 Å². The quantitative estimate of drug-likeness (QED) is 0.0690. The predicted molar refractivity (Wildman–Crippen MR) is 459 cm³/mol. The molecule has 2 saturated carbocycles. The fourth-order valence-electron chi connectivity index (χ4n) is 15.5. The van der Waals surface area contributed by atoms with Crippen LogP contribution in [0.3, 0.4) is 0 Å². The molecule has 9 aromatic heterocycles. The molecule has 32 heteroatoms. The third kappa shape index (κ3) is 17.7. The molecule has 6 aliphatic rings. The van der Waals surface area contributed by atoms with Gasteiger partial charge in [0, 0.05) is 208 Å². The van der Waals surface area contributed by atoms with Crippen molar-refractivity contribution in [1.29, 1.82) is 0 Å². The number of aromatic nitrogens is 13. The molecule has 26 nitrogen and oxygen atoms in total. The number of rotatable bonds is 11. The van der Waals surface area contributed by atoms with Crippen molar-refractivity contribution >= 4 is 22.3 Å². The van der Waals surface area contributed by atoms with E-state index in [0.29, 0.717) is 127 Å². The van der Waals surface area contributed by atoms with Crippen molar-refractivity contribution in [3.05, 3.63) is 292 Å². The smallest absolute Gasteiger partial charge is 0.420 e. The number of aryl methyl sites for hydroxylation is 5. The van der Waals surface area contributed by atoms with Gasteiger partial charge < -0.3 is 60.9 Å². The van der Waals surface area contributed by atoms with Gasteiger partial charge in [0.1, 0.15) is 17.1 Å². The van der Waals surface area contributed by atoms with Crippen LogP contribution < -0.4 is 22.2 Å². The van der Waals surface area contributed by atoms with Crippen LogP contribution in [0, 0.1) is 60.2 Å². The van der Waals surface area contributed by atoms with Crippen LogP contribution in [0.4, 0.5) is 26.3 Å². The van der Waals surface area contributed by atoms with Crippen LogP contribution >= 0.6 is 0 Å². The van der Waals surface area contributed by atoms with Gasteiger partial charge in [-0.15, -0.1) is 40.8 Å². The van der Waals surface area contributed by atoms with Gasteiger partial charge in [-0.1, -0.05) is 172 Å². The highest BCUT2D eigenvalue weighted by atomic mass is 19.4. The minimum absolute atomic E-state index is 0.0291. The number of alkyl halides is 6. The number of pyridine rings is 4.